The lowest BCUT2D eigenvalue weighted by atomic mass is 11.3. The van der Waals surface area contributed by atoms with Gasteiger partial charge in [0.2, 0.25) is 0 Å². The second kappa shape index (κ2) is 38.1. The lowest BCUT2D eigenvalue weighted by molar-refractivity contribution is 1.26. The molecular weight excluding hydrogens is 87.5 g/mol. The van der Waals surface area contributed by atoms with E-state index < -0.39 is 0 Å². The molecule has 0 fully saturated rings. The maximum absolute atomic E-state index is 4.76. The summed E-state index contributed by atoms with van der Waals surface area (Å²) in [6.45, 7) is 3.13. The van der Waals surface area contributed by atoms with Gasteiger partial charge < -0.3 is 0 Å². The number of hydrogen-bond donors (Lipinski definition) is 2. The number of halogens is 1. The SMILES string of the molecule is C=CCl.NN. The number of rotatable bonds is 0. The molecule has 0 atom stereocenters. The van der Waals surface area contributed by atoms with Crippen LogP contribution in [0.15, 0.2) is 12.1 Å². The van der Waals surface area contributed by atoms with E-state index >= 15 is 0 Å². The van der Waals surface area contributed by atoms with Gasteiger partial charge in [-0.25, -0.2) is 0 Å². The first-order valence-corrected chi connectivity index (χ1v) is 1.40. The Bertz CT molecular complexity index is 15.1. The summed E-state index contributed by atoms with van der Waals surface area (Å²) in [5.74, 6) is 8.00. The van der Waals surface area contributed by atoms with Crippen molar-refractivity contribution < 1.29 is 0 Å². The molecule has 2 nitrogen and oxygen atoms in total. The van der Waals surface area contributed by atoms with Crippen LogP contribution >= 0.6 is 11.6 Å². The highest BCUT2D eigenvalue weighted by molar-refractivity contribution is 6.25. The molecule has 0 heterocycles. The van der Waals surface area contributed by atoms with Gasteiger partial charge in [-0.15, -0.1) is 0 Å². The molecule has 3 heteroatoms. The van der Waals surface area contributed by atoms with Crippen molar-refractivity contribution in [1.29, 1.82) is 0 Å². The van der Waals surface area contributed by atoms with Gasteiger partial charge in [0.05, 0.1) is 0 Å². The molecule has 0 saturated carbocycles. The van der Waals surface area contributed by atoms with Crippen molar-refractivity contribution in [3.05, 3.63) is 12.1 Å². The van der Waals surface area contributed by atoms with Crippen LogP contribution in [-0.4, -0.2) is 0 Å². The predicted molar refractivity (Wildman–Crippen MR) is 24.4 cm³/mol. The molecule has 4 N–H and O–H groups in total. The van der Waals surface area contributed by atoms with Crippen molar-refractivity contribution in [3.8, 4) is 0 Å². The average Bonchev–Trinajstić information content (AvgIpc) is 1.46. The van der Waals surface area contributed by atoms with Crippen molar-refractivity contribution in [2.75, 3.05) is 0 Å². The monoisotopic (exact) mass is 94.0 g/mol. The number of nitrogens with two attached hydrogens (primary N) is 2. The van der Waals surface area contributed by atoms with E-state index in [1.165, 1.54) is 5.54 Å². The minimum absolute atomic E-state index is 1.22. The topological polar surface area (TPSA) is 52.0 Å². The van der Waals surface area contributed by atoms with Crippen LogP contribution in [0.5, 0.6) is 0 Å². The molecule has 0 aromatic heterocycles. The Morgan fingerprint density at radius 2 is 1.60 bits per heavy atom. The fourth-order valence-electron chi connectivity index (χ4n) is 0. The van der Waals surface area contributed by atoms with E-state index in [0.717, 1.165) is 0 Å². The summed E-state index contributed by atoms with van der Waals surface area (Å²) in [7, 11) is 0. The second-order valence-electron chi connectivity index (χ2n) is 0.154. The Labute approximate surface area is 36.4 Å². The molecule has 0 amide bonds. The summed E-state index contributed by atoms with van der Waals surface area (Å²) in [5, 5.41) is 0. The van der Waals surface area contributed by atoms with E-state index in [0.29, 0.717) is 0 Å². The molecule has 0 unspecified atom stereocenters. The van der Waals surface area contributed by atoms with Gasteiger partial charge in [-0.05, 0) is 5.54 Å². The van der Waals surface area contributed by atoms with Gasteiger partial charge in [0.25, 0.3) is 0 Å². The highest BCUT2D eigenvalue weighted by Gasteiger charge is 1.18. The second-order valence-corrected chi connectivity index (χ2v) is 0.463. The van der Waals surface area contributed by atoms with Gasteiger partial charge in [-0.3, -0.25) is 11.7 Å². The van der Waals surface area contributed by atoms with E-state index in [1.54, 1.807) is 0 Å². The normalized spacial score (nSPS) is 3.80. The van der Waals surface area contributed by atoms with E-state index in [4.69, 9.17) is 11.6 Å². The zero-order valence-electron chi connectivity index (χ0n) is 2.82. The molecule has 32 valence electrons. The predicted octanol–water partition coefficient (Wildman–Crippen LogP) is 0.188. The quantitative estimate of drug-likeness (QED) is 0.333. The zero-order valence-corrected chi connectivity index (χ0v) is 3.57. The van der Waals surface area contributed by atoms with E-state index in [9.17, 15) is 0 Å². The van der Waals surface area contributed by atoms with Gasteiger partial charge in [-0.2, -0.15) is 0 Å². The van der Waals surface area contributed by atoms with Crippen molar-refractivity contribution in [2.24, 2.45) is 11.7 Å². The molecule has 0 aromatic carbocycles. The highest BCUT2D eigenvalue weighted by atomic mass is 35.5. The summed E-state index contributed by atoms with van der Waals surface area (Å²) < 4.78 is 0. The van der Waals surface area contributed by atoms with Crippen molar-refractivity contribution >= 4 is 11.6 Å². The number of hydrazine groups is 1. The third kappa shape index (κ3) is 6010. The fourth-order valence-corrected chi connectivity index (χ4v) is 0. The first-order chi connectivity index (χ1) is 2.41. The summed E-state index contributed by atoms with van der Waals surface area (Å²) >= 11 is 4.76. The third-order valence-electron chi connectivity index (χ3n) is 0. The molecule has 0 aliphatic carbocycles. The molecule has 0 aromatic rings. The van der Waals surface area contributed by atoms with Crippen LogP contribution in [0.2, 0.25) is 0 Å². The molecule has 0 rings (SSSR count). The summed E-state index contributed by atoms with van der Waals surface area (Å²) in [4.78, 5) is 0. The van der Waals surface area contributed by atoms with Crippen LogP contribution in [0, 0.1) is 0 Å². The van der Waals surface area contributed by atoms with Crippen LogP contribution in [-0.2, 0) is 0 Å². The molecule has 0 aliphatic rings. The summed E-state index contributed by atoms with van der Waals surface area (Å²) in [6, 6.07) is 0. The van der Waals surface area contributed by atoms with Crippen LogP contribution in [0.25, 0.3) is 0 Å². The Balaban J connectivity index is 0. The van der Waals surface area contributed by atoms with Crippen LogP contribution in [0.4, 0.5) is 0 Å². The van der Waals surface area contributed by atoms with Crippen molar-refractivity contribution in [1.82, 2.24) is 0 Å². The summed E-state index contributed by atoms with van der Waals surface area (Å²) in [6.07, 6.45) is 0. The Morgan fingerprint density at radius 3 is 1.60 bits per heavy atom. The van der Waals surface area contributed by atoms with Crippen molar-refractivity contribution in [3.63, 3.8) is 0 Å². The molecule has 0 saturated heterocycles. The Kier molecular flexibility index (Phi) is 67.6. The van der Waals surface area contributed by atoms with Crippen LogP contribution < -0.4 is 11.7 Å². The van der Waals surface area contributed by atoms with Gasteiger partial charge >= 0.3 is 0 Å². The average molecular weight is 94.5 g/mol. The van der Waals surface area contributed by atoms with Crippen molar-refractivity contribution in [2.45, 2.75) is 0 Å². The minimum atomic E-state index is 1.22. The number of hydrogen-bond acceptors (Lipinski definition) is 2. The molecule has 0 spiro atoms. The first kappa shape index (κ1) is 8.87. The minimum Gasteiger partial charge on any atom is -0.274 e. The van der Waals surface area contributed by atoms with E-state index in [-0.39, 0.29) is 0 Å². The largest absolute Gasteiger partial charge is 0.274 e. The van der Waals surface area contributed by atoms with Crippen LogP contribution in [0.3, 0.4) is 0 Å². The van der Waals surface area contributed by atoms with E-state index in [1.807, 2.05) is 0 Å². The Hall–Kier alpha value is -0.0500. The first-order valence-electron chi connectivity index (χ1n) is 0.960. The zero-order chi connectivity index (χ0) is 4.71. The fraction of sp³-hybridized carbons (Fsp3) is 0. The lowest BCUT2D eigenvalue weighted by Gasteiger charge is -1.27. The highest BCUT2D eigenvalue weighted by Crippen LogP contribution is 1.60. The molecule has 5 heavy (non-hydrogen) atoms. The summed E-state index contributed by atoms with van der Waals surface area (Å²) in [5.41, 5.74) is 1.22. The standard InChI is InChI=1S/C2H3Cl.H4N2/c1-2-3;1-2/h2H,1H2;1-2H2. The third-order valence-corrected chi connectivity index (χ3v) is 0. The Morgan fingerprint density at radius 1 is 1.60 bits per heavy atom. The maximum atomic E-state index is 4.76. The van der Waals surface area contributed by atoms with Gasteiger partial charge in [-0.1, -0.05) is 18.2 Å². The molecule has 0 aliphatic heterocycles. The molecule has 0 bridgehead atoms. The maximum Gasteiger partial charge on any atom is -0.00296 e. The molecule has 0 radical (unpaired) electrons. The van der Waals surface area contributed by atoms with Gasteiger partial charge in [0.15, 0.2) is 0 Å². The van der Waals surface area contributed by atoms with Crippen LogP contribution in [0.1, 0.15) is 0 Å². The lowest BCUT2D eigenvalue weighted by Crippen LogP contribution is -2.02. The van der Waals surface area contributed by atoms with Gasteiger partial charge in [0.1, 0.15) is 0 Å². The molecular formula is C2H7ClN2. The smallest absolute Gasteiger partial charge is 0.00296 e. The van der Waals surface area contributed by atoms with Gasteiger partial charge in [0, 0.05) is 0 Å². The van der Waals surface area contributed by atoms with E-state index in [2.05, 4.69) is 18.3 Å².